The molecule has 0 radical (unpaired) electrons. The molecule has 1 aliphatic heterocycles. The molecule has 1 unspecified atom stereocenters. The molecule has 0 spiro atoms. The predicted molar refractivity (Wildman–Crippen MR) is 49.2 cm³/mol. The number of rotatable bonds is 2. The lowest BCUT2D eigenvalue weighted by Crippen LogP contribution is -2.18. The molecular formula is C7H13S2+. The van der Waals surface area contributed by atoms with E-state index in [9.17, 15) is 0 Å². The van der Waals surface area contributed by atoms with Gasteiger partial charge in [0.15, 0.2) is 5.08 Å². The molecule has 0 aromatic heterocycles. The van der Waals surface area contributed by atoms with Crippen LogP contribution in [0.3, 0.4) is 0 Å². The van der Waals surface area contributed by atoms with Crippen LogP contribution in [0.25, 0.3) is 0 Å². The van der Waals surface area contributed by atoms with E-state index in [2.05, 4.69) is 24.4 Å². The molecule has 2 heteroatoms. The fraction of sp³-hybridized carbons (Fsp3) is 0.714. The fourth-order valence-electron chi connectivity index (χ4n) is 0.899. The van der Waals surface area contributed by atoms with Gasteiger partial charge in [-0.1, -0.05) is 6.58 Å². The fourth-order valence-corrected chi connectivity index (χ4v) is 4.75. The van der Waals surface area contributed by atoms with Crippen LogP contribution in [0.1, 0.15) is 6.42 Å². The summed E-state index contributed by atoms with van der Waals surface area (Å²) in [5.74, 6) is 4.10. The van der Waals surface area contributed by atoms with E-state index in [1.54, 1.807) is 0 Å². The second-order valence-electron chi connectivity index (χ2n) is 2.15. The first-order valence-corrected chi connectivity index (χ1v) is 6.15. The van der Waals surface area contributed by atoms with Gasteiger partial charge in [0, 0.05) is 23.1 Å². The Morgan fingerprint density at radius 1 is 1.67 bits per heavy atom. The molecule has 0 nitrogen and oxygen atoms in total. The second kappa shape index (κ2) is 4.29. The Bertz CT molecular complexity index is 84.9. The Morgan fingerprint density at radius 3 is 3.11 bits per heavy atom. The molecule has 0 aromatic carbocycles. The molecule has 0 aromatic rings. The molecule has 1 aliphatic rings. The maximum atomic E-state index is 3.75. The van der Waals surface area contributed by atoms with Gasteiger partial charge in [0.05, 0.1) is 0 Å². The molecule has 1 rings (SSSR count). The molecule has 1 fully saturated rings. The summed E-state index contributed by atoms with van der Waals surface area (Å²) in [4.78, 5) is 0. The van der Waals surface area contributed by atoms with Gasteiger partial charge in [-0.2, -0.15) is 0 Å². The monoisotopic (exact) mass is 161 g/mol. The zero-order chi connectivity index (χ0) is 6.53. The van der Waals surface area contributed by atoms with Crippen molar-refractivity contribution in [2.45, 2.75) is 6.42 Å². The predicted octanol–water partition coefficient (Wildman–Crippen LogP) is 1.89. The van der Waals surface area contributed by atoms with Crippen LogP contribution in [-0.4, -0.2) is 22.3 Å². The van der Waals surface area contributed by atoms with Crippen LogP contribution in [0, 0.1) is 0 Å². The average molecular weight is 161 g/mol. The standard InChI is InChI=1S/C7H13S2/c1-2-5-9-6-3-4-8-7-9/h2H,1,3-7H2/q+1. The SMILES string of the molecule is C=CC[S+]1CCCSC1. The largest absolute Gasteiger partial charge is 0.153 e. The normalized spacial score (nSPS) is 27.8. The lowest BCUT2D eigenvalue weighted by atomic mass is 10.6. The third-order valence-corrected chi connectivity index (χ3v) is 5.48. The average Bonchev–Trinajstić information content (AvgIpc) is 1.91. The summed E-state index contributed by atoms with van der Waals surface area (Å²) in [5.41, 5.74) is 0. The molecule has 0 amide bonds. The molecule has 0 bridgehead atoms. The Labute approximate surface area is 64.4 Å². The molecule has 1 atom stereocenters. The van der Waals surface area contributed by atoms with Gasteiger partial charge in [0.1, 0.15) is 11.5 Å². The first-order chi connectivity index (χ1) is 4.43. The molecule has 1 saturated heterocycles. The summed E-state index contributed by atoms with van der Waals surface area (Å²) in [7, 11) is 0.700. The third kappa shape index (κ3) is 2.67. The zero-order valence-corrected chi connectivity index (χ0v) is 7.27. The maximum absolute atomic E-state index is 3.75. The number of thioether (sulfide) groups is 1. The van der Waals surface area contributed by atoms with Crippen molar-refractivity contribution in [1.29, 1.82) is 0 Å². The lowest BCUT2D eigenvalue weighted by Gasteiger charge is -2.10. The first kappa shape index (κ1) is 7.55. The quantitative estimate of drug-likeness (QED) is 0.440. The van der Waals surface area contributed by atoms with Crippen molar-refractivity contribution >= 4 is 22.7 Å². The van der Waals surface area contributed by atoms with Gasteiger partial charge in [0.2, 0.25) is 0 Å². The van der Waals surface area contributed by atoms with Crippen LogP contribution >= 0.6 is 11.8 Å². The highest BCUT2D eigenvalue weighted by atomic mass is 32.2. The van der Waals surface area contributed by atoms with Crippen LogP contribution in [0.4, 0.5) is 0 Å². The smallest absolute Gasteiger partial charge is 0.109 e. The number of hydrogen-bond acceptors (Lipinski definition) is 1. The molecule has 52 valence electrons. The highest BCUT2D eigenvalue weighted by Gasteiger charge is 2.19. The van der Waals surface area contributed by atoms with Crippen LogP contribution in [0.5, 0.6) is 0 Å². The van der Waals surface area contributed by atoms with Crippen molar-refractivity contribution in [3.8, 4) is 0 Å². The van der Waals surface area contributed by atoms with Gasteiger partial charge in [0.25, 0.3) is 0 Å². The van der Waals surface area contributed by atoms with E-state index in [1.165, 1.54) is 28.8 Å². The van der Waals surface area contributed by atoms with Crippen molar-refractivity contribution in [2.75, 3.05) is 22.3 Å². The van der Waals surface area contributed by atoms with Crippen LogP contribution in [0.2, 0.25) is 0 Å². The minimum Gasteiger partial charge on any atom is -0.109 e. The lowest BCUT2D eigenvalue weighted by molar-refractivity contribution is 1.11. The van der Waals surface area contributed by atoms with Crippen molar-refractivity contribution < 1.29 is 0 Å². The van der Waals surface area contributed by atoms with E-state index < -0.39 is 0 Å². The summed E-state index contributed by atoms with van der Waals surface area (Å²) in [6.07, 6.45) is 3.50. The third-order valence-electron chi connectivity index (χ3n) is 1.33. The van der Waals surface area contributed by atoms with Gasteiger partial charge >= 0.3 is 0 Å². The minimum absolute atomic E-state index is 0.700. The van der Waals surface area contributed by atoms with Crippen LogP contribution in [-0.2, 0) is 10.9 Å². The Morgan fingerprint density at radius 2 is 2.56 bits per heavy atom. The second-order valence-corrected chi connectivity index (χ2v) is 5.88. The van der Waals surface area contributed by atoms with Gasteiger partial charge in [-0.3, -0.25) is 0 Å². The summed E-state index contributed by atoms with van der Waals surface area (Å²) in [5, 5.41) is 1.39. The van der Waals surface area contributed by atoms with Crippen LogP contribution < -0.4 is 0 Å². The maximum Gasteiger partial charge on any atom is 0.153 e. The Balaban J connectivity index is 2.15. The summed E-state index contributed by atoms with van der Waals surface area (Å²) >= 11 is 2.11. The summed E-state index contributed by atoms with van der Waals surface area (Å²) in [6, 6.07) is 0. The number of hydrogen-bond donors (Lipinski definition) is 0. The topological polar surface area (TPSA) is 0 Å². The van der Waals surface area contributed by atoms with Crippen molar-refractivity contribution in [3.05, 3.63) is 12.7 Å². The van der Waals surface area contributed by atoms with E-state index in [0.717, 1.165) is 0 Å². The molecule has 0 N–H and O–H groups in total. The Kier molecular flexibility index (Phi) is 3.59. The van der Waals surface area contributed by atoms with Gasteiger partial charge in [-0.05, 0) is 6.08 Å². The van der Waals surface area contributed by atoms with Crippen molar-refractivity contribution in [1.82, 2.24) is 0 Å². The molecular weight excluding hydrogens is 148 g/mol. The molecule has 0 aliphatic carbocycles. The minimum atomic E-state index is 0.700. The van der Waals surface area contributed by atoms with E-state index in [1.807, 2.05) is 0 Å². The van der Waals surface area contributed by atoms with E-state index in [-0.39, 0.29) is 0 Å². The van der Waals surface area contributed by atoms with Gasteiger partial charge in [-0.15, -0.1) is 11.8 Å². The van der Waals surface area contributed by atoms with E-state index >= 15 is 0 Å². The molecule has 9 heavy (non-hydrogen) atoms. The molecule has 1 heterocycles. The zero-order valence-electron chi connectivity index (χ0n) is 5.64. The molecule has 0 saturated carbocycles. The highest BCUT2D eigenvalue weighted by molar-refractivity contribution is 8.15. The summed E-state index contributed by atoms with van der Waals surface area (Å²) in [6.45, 7) is 3.75. The van der Waals surface area contributed by atoms with Gasteiger partial charge < -0.3 is 0 Å². The highest BCUT2D eigenvalue weighted by Crippen LogP contribution is 2.17. The van der Waals surface area contributed by atoms with E-state index in [0.29, 0.717) is 10.9 Å². The Hall–Kier alpha value is 0.440. The first-order valence-electron chi connectivity index (χ1n) is 3.26. The van der Waals surface area contributed by atoms with E-state index in [4.69, 9.17) is 0 Å². The van der Waals surface area contributed by atoms with Crippen LogP contribution in [0.15, 0.2) is 12.7 Å². The van der Waals surface area contributed by atoms with Gasteiger partial charge in [-0.25, -0.2) is 0 Å². The van der Waals surface area contributed by atoms with Crippen molar-refractivity contribution in [2.24, 2.45) is 0 Å². The summed E-state index contributed by atoms with van der Waals surface area (Å²) < 4.78 is 0. The van der Waals surface area contributed by atoms with Crippen molar-refractivity contribution in [3.63, 3.8) is 0 Å².